The number of fused-ring (bicyclic) bond motifs is 2. The lowest BCUT2D eigenvalue weighted by Crippen LogP contribution is -2.51. The van der Waals surface area contributed by atoms with Crippen LogP contribution in [-0.4, -0.2) is 53.1 Å². The first-order chi connectivity index (χ1) is 18.8. The fraction of sp³-hybridized carbons (Fsp3) is 0.516. The zero-order chi connectivity index (χ0) is 28.0. The number of aliphatic hydroxyl groups excluding tert-OH is 1. The van der Waals surface area contributed by atoms with Gasteiger partial charge in [-0.25, -0.2) is 4.79 Å². The van der Waals surface area contributed by atoms with Crippen molar-refractivity contribution in [2.24, 2.45) is 5.73 Å². The molecule has 3 aliphatic rings. The highest BCUT2D eigenvalue weighted by molar-refractivity contribution is 6.32. The van der Waals surface area contributed by atoms with Crippen molar-refractivity contribution in [3.05, 3.63) is 70.6 Å². The number of rotatable bonds is 14. The maximum Gasteiger partial charge on any atom is 0.350 e. The molecule has 2 heterocycles. The van der Waals surface area contributed by atoms with Gasteiger partial charge in [-0.15, -0.1) is 0 Å². The molecule has 1 saturated heterocycles. The van der Waals surface area contributed by atoms with Crippen LogP contribution in [0.25, 0.3) is 0 Å². The summed E-state index contributed by atoms with van der Waals surface area (Å²) in [5.74, 6) is -1.06. The van der Waals surface area contributed by atoms with E-state index < -0.39 is 29.1 Å². The third-order valence-corrected chi connectivity index (χ3v) is 7.89. The Balaban J connectivity index is 1.56. The second-order valence-corrected chi connectivity index (χ2v) is 10.7. The number of ether oxygens (including phenoxy) is 2. The third kappa shape index (κ3) is 5.72. The van der Waals surface area contributed by atoms with Crippen molar-refractivity contribution in [2.45, 2.75) is 88.9 Å². The van der Waals surface area contributed by atoms with Crippen molar-refractivity contribution >= 4 is 17.5 Å². The summed E-state index contributed by atoms with van der Waals surface area (Å²) in [5, 5.41) is 12.4. The molecule has 0 unspecified atom stereocenters. The van der Waals surface area contributed by atoms with Gasteiger partial charge in [-0.05, 0) is 57.1 Å². The highest BCUT2D eigenvalue weighted by Crippen LogP contribution is 2.58. The first kappa shape index (κ1) is 28.8. The number of ketones is 2. The summed E-state index contributed by atoms with van der Waals surface area (Å²) in [6, 6.07) is 6.55. The van der Waals surface area contributed by atoms with Crippen LogP contribution in [0.1, 0.15) is 92.4 Å². The van der Waals surface area contributed by atoms with Gasteiger partial charge in [0.05, 0.1) is 5.82 Å². The van der Waals surface area contributed by atoms with E-state index in [4.69, 9.17) is 15.2 Å². The summed E-state index contributed by atoms with van der Waals surface area (Å²) in [6.07, 6.45) is 11.5. The smallest absolute Gasteiger partial charge is 0.350 e. The van der Waals surface area contributed by atoms with E-state index in [1.807, 2.05) is 19.1 Å². The molecule has 4 N–H and O–H groups in total. The molecule has 0 saturated carbocycles. The highest BCUT2D eigenvalue weighted by atomic mass is 16.7. The Kier molecular flexibility index (Phi) is 9.08. The molecule has 3 atom stereocenters. The average Bonchev–Trinajstić information content (AvgIpc) is 3.65. The number of carbonyl (C=O) groups is 3. The van der Waals surface area contributed by atoms with E-state index in [0.717, 1.165) is 43.3 Å². The van der Waals surface area contributed by atoms with Gasteiger partial charge in [-0.1, -0.05) is 61.8 Å². The van der Waals surface area contributed by atoms with Crippen LogP contribution in [0.4, 0.5) is 0 Å². The van der Waals surface area contributed by atoms with E-state index >= 15 is 0 Å². The topological polar surface area (TPSA) is 131 Å². The van der Waals surface area contributed by atoms with Crippen LogP contribution >= 0.6 is 0 Å². The fourth-order valence-electron chi connectivity index (χ4n) is 5.52. The van der Waals surface area contributed by atoms with Gasteiger partial charge >= 0.3 is 5.97 Å². The lowest BCUT2D eigenvalue weighted by atomic mass is 9.72. The normalized spacial score (nSPS) is 24.6. The number of nitrogens with two attached hydrogens (primary N) is 1. The standard InChI is InChI=1S/C31H40N2O6/c1-3-4-5-9-23(10-8-19-34)38-29(37)31-28(36)25-12-7-6-11-24(25)27(35)30(31,39-31)17-15-21(2)13-14-22-16-18-33-26(32)20-22/h6-7,11-12,15-16,20,23,33-34H,3-5,8-10,13-14,17-19,32H2,1-2H3/b21-15+/t23-,30+,31+/m1/s1. The molecule has 0 bridgehead atoms. The molecule has 8 nitrogen and oxygen atoms in total. The van der Waals surface area contributed by atoms with Gasteiger partial charge in [0.1, 0.15) is 6.10 Å². The number of unbranched alkanes of at least 4 members (excludes halogenated alkanes) is 2. The summed E-state index contributed by atoms with van der Waals surface area (Å²) in [7, 11) is 0. The summed E-state index contributed by atoms with van der Waals surface area (Å²) in [4.78, 5) is 41.2. The first-order valence-electron chi connectivity index (χ1n) is 14.1. The van der Waals surface area contributed by atoms with Crippen LogP contribution in [0.2, 0.25) is 0 Å². The minimum atomic E-state index is -1.98. The molecular formula is C31H40N2O6. The van der Waals surface area contributed by atoms with Gasteiger partial charge in [0, 0.05) is 30.7 Å². The monoisotopic (exact) mass is 536 g/mol. The molecule has 210 valence electrons. The molecule has 1 aliphatic carbocycles. The maximum absolute atomic E-state index is 13.8. The molecule has 2 aliphatic heterocycles. The molecule has 0 aromatic heterocycles. The summed E-state index contributed by atoms with van der Waals surface area (Å²) in [6.45, 7) is 4.73. The number of benzene rings is 1. The van der Waals surface area contributed by atoms with E-state index in [2.05, 4.69) is 18.3 Å². The number of hydrogen-bond donors (Lipinski definition) is 3. The van der Waals surface area contributed by atoms with Crippen LogP contribution in [0.15, 0.2) is 59.5 Å². The zero-order valence-electron chi connectivity index (χ0n) is 23.0. The number of hydrogen-bond acceptors (Lipinski definition) is 8. The van der Waals surface area contributed by atoms with Gasteiger partial charge in [0.25, 0.3) is 5.60 Å². The van der Waals surface area contributed by atoms with Crippen molar-refractivity contribution < 1.29 is 29.0 Å². The number of epoxide rings is 1. The Morgan fingerprint density at radius 1 is 1.18 bits per heavy atom. The van der Waals surface area contributed by atoms with Gasteiger partial charge in [0.15, 0.2) is 11.4 Å². The summed E-state index contributed by atoms with van der Waals surface area (Å²) < 4.78 is 11.9. The SMILES string of the molecule is CCCCC[C@H](CCCO)OC(=O)[C@]12O[C@@]1(C/C=C(\C)CCC1=CCNC(N)=C1)C(=O)c1ccccc1C2=O. The third-order valence-electron chi connectivity index (χ3n) is 7.89. The second-order valence-electron chi connectivity index (χ2n) is 10.7. The molecule has 0 radical (unpaired) electrons. The van der Waals surface area contributed by atoms with Crippen molar-refractivity contribution in [2.75, 3.05) is 13.2 Å². The molecule has 0 amide bonds. The number of esters is 1. The Morgan fingerprint density at radius 2 is 1.90 bits per heavy atom. The Morgan fingerprint density at radius 3 is 2.59 bits per heavy atom. The molecule has 1 aromatic rings. The molecule has 1 aromatic carbocycles. The molecule has 1 fully saturated rings. The second kappa shape index (κ2) is 12.3. The quantitative estimate of drug-likeness (QED) is 0.106. The lowest BCUT2D eigenvalue weighted by molar-refractivity contribution is -0.154. The van der Waals surface area contributed by atoms with E-state index in [1.165, 1.54) is 0 Å². The molecule has 0 spiro atoms. The maximum atomic E-state index is 13.8. The number of Topliss-reactive ketones (excluding diaryl/α,β-unsaturated/α-hetero) is 2. The zero-order valence-corrected chi connectivity index (χ0v) is 23.0. The largest absolute Gasteiger partial charge is 0.460 e. The van der Waals surface area contributed by atoms with Crippen LogP contribution in [-0.2, 0) is 14.3 Å². The predicted molar refractivity (Wildman–Crippen MR) is 148 cm³/mol. The first-order valence-corrected chi connectivity index (χ1v) is 14.1. The van der Waals surface area contributed by atoms with Gasteiger partial charge in [0.2, 0.25) is 5.78 Å². The van der Waals surface area contributed by atoms with Crippen molar-refractivity contribution in [1.82, 2.24) is 5.32 Å². The fourth-order valence-corrected chi connectivity index (χ4v) is 5.52. The number of nitrogens with one attached hydrogen (secondary N) is 1. The van der Waals surface area contributed by atoms with E-state index in [9.17, 15) is 19.5 Å². The number of carbonyl (C=O) groups excluding carboxylic acids is 3. The average molecular weight is 537 g/mol. The summed E-state index contributed by atoms with van der Waals surface area (Å²) >= 11 is 0. The molecular weight excluding hydrogens is 496 g/mol. The number of aliphatic hydroxyl groups is 1. The molecule has 8 heteroatoms. The van der Waals surface area contributed by atoms with Crippen LogP contribution < -0.4 is 11.1 Å². The Labute approximate surface area is 230 Å². The van der Waals surface area contributed by atoms with Crippen LogP contribution in [0.5, 0.6) is 0 Å². The highest BCUT2D eigenvalue weighted by Gasteiger charge is 2.85. The summed E-state index contributed by atoms with van der Waals surface area (Å²) in [5.41, 5.74) is 4.89. The number of dihydropyridines is 1. The minimum Gasteiger partial charge on any atom is -0.460 e. The predicted octanol–water partition coefficient (Wildman–Crippen LogP) is 4.28. The Hall–Kier alpha value is -3.23. The minimum absolute atomic E-state index is 0.0158. The van der Waals surface area contributed by atoms with Crippen LogP contribution in [0.3, 0.4) is 0 Å². The van der Waals surface area contributed by atoms with E-state index in [1.54, 1.807) is 24.3 Å². The van der Waals surface area contributed by atoms with Crippen molar-refractivity contribution in [1.29, 1.82) is 0 Å². The van der Waals surface area contributed by atoms with Crippen molar-refractivity contribution in [3.8, 4) is 0 Å². The Bertz CT molecular complexity index is 1200. The number of allylic oxidation sites excluding steroid dienone is 3. The van der Waals surface area contributed by atoms with Crippen LogP contribution in [0, 0.1) is 0 Å². The van der Waals surface area contributed by atoms with Crippen molar-refractivity contribution in [3.63, 3.8) is 0 Å². The molecule has 4 rings (SSSR count). The van der Waals surface area contributed by atoms with E-state index in [0.29, 0.717) is 31.6 Å². The van der Waals surface area contributed by atoms with Gasteiger partial charge in [-0.3, -0.25) is 9.59 Å². The van der Waals surface area contributed by atoms with Gasteiger partial charge in [-0.2, -0.15) is 0 Å². The van der Waals surface area contributed by atoms with Gasteiger partial charge < -0.3 is 25.6 Å². The van der Waals surface area contributed by atoms with E-state index in [-0.39, 0.29) is 29.9 Å². The molecule has 39 heavy (non-hydrogen) atoms. The lowest BCUT2D eigenvalue weighted by Gasteiger charge is -2.25.